The number of fused-ring (bicyclic) bond motifs is 12. The Balaban J connectivity index is 1.28. The maximum absolute atomic E-state index is 10.3. The number of benzene rings is 9. The van der Waals surface area contributed by atoms with Gasteiger partial charge in [-0.05, 0) is 84.8 Å². The lowest BCUT2D eigenvalue weighted by atomic mass is 10.0. The lowest BCUT2D eigenvalue weighted by Gasteiger charge is -2.26. The molecule has 58 heavy (non-hydrogen) atoms. The van der Waals surface area contributed by atoms with E-state index < -0.39 is 60.4 Å². The molecule has 13 aromatic rings. The zero-order valence-corrected chi connectivity index (χ0v) is 30.3. The Morgan fingerprint density at radius 2 is 0.655 bits per heavy atom. The van der Waals surface area contributed by atoms with Gasteiger partial charge in [0.2, 0.25) is 0 Å². The molecule has 4 aromatic heterocycles. The van der Waals surface area contributed by atoms with Gasteiger partial charge in [0, 0.05) is 65.8 Å². The Labute approximate surface area is 353 Å². The molecule has 0 N–H and O–H groups in total. The van der Waals surface area contributed by atoms with Crippen molar-refractivity contribution in [1.29, 1.82) is 0 Å². The molecule has 9 aromatic carbocycles. The monoisotopic (exact) mass is 752 g/mol. The summed E-state index contributed by atoms with van der Waals surface area (Å²) in [4.78, 5) is 3.50. The molecule has 0 atom stereocenters. The van der Waals surface area contributed by atoms with Crippen LogP contribution in [0.5, 0.6) is 0 Å². The smallest absolute Gasteiger partial charge is 0.0653 e. The molecule has 0 fully saturated rings. The summed E-state index contributed by atoms with van der Waals surface area (Å²) in [6, 6.07) is 30.5. The summed E-state index contributed by atoms with van der Waals surface area (Å²) in [6.45, 7) is 0. The van der Waals surface area contributed by atoms with E-state index in [0.29, 0.717) is 22.7 Å². The van der Waals surface area contributed by atoms with Crippen molar-refractivity contribution in [3.05, 3.63) is 206 Å². The molecule has 0 spiro atoms. The summed E-state index contributed by atoms with van der Waals surface area (Å²) in [7, 11) is 0. The van der Waals surface area contributed by atoms with Gasteiger partial charge in [0.15, 0.2) is 0 Å². The number of para-hydroxylation sites is 6. The van der Waals surface area contributed by atoms with Gasteiger partial charge in [0.05, 0.1) is 63.7 Å². The molecule has 4 heteroatoms. The molecule has 270 valence electrons. The van der Waals surface area contributed by atoms with Gasteiger partial charge in [-0.3, -0.25) is 0 Å². The van der Waals surface area contributed by atoms with Crippen LogP contribution < -0.4 is 9.80 Å². The van der Waals surface area contributed by atoms with Gasteiger partial charge in [0.1, 0.15) is 0 Å². The highest BCUT2D eigenvalue weighted by Gasteiger charge is 2.26. The summed E-state index contributed by atoms with van der Waals surface area (Å²) in [6.07, 6.45) is 0. The van der Waals surface area contributed by atoms with E-state index in [1.165, 1.54) is 8.80 Å². The summed E-state index contributed by atoms with van der Waals surface area (Å²) in [5, 5.41) is 0.355. The van der Waals surface area contributed by atoms with Crippen LogP contribution in [0.3, 0.4) is 0 Å². The minimum absolute atomic E-state index is 0.00646. The third-order valence-electron chi connectivity index (χ3n) is 11.2. The highest BCUT2D eigenvalue weighted by Crippen LogP contribution is 2.49. The molecule has 0 aliphatic heterocycles. The van der Waals surface area contributed by atoms with Crippen molar-refractivity contribution < 1.29 is 19.2 Å². The third-order valence-corrected chi connectivity index (χ3v) is 11.2. The lowest BCUT2D eigenvalue weighted by Crippen LogP contribution is -2.10. The molecular formula is C54H34N4. The maximum Gasteiger partial charge on any atom is 0.0653 e. The van der Waals surface area contributed by atoms with E-state index in [4.69, 9.17) is 0 Å². The number of hydrogen-bond donors (Lipinski definition) is 0. The Bertz CT molecular complexity index is 4120. The molecular weight excluding hydrogens is 705 g/mol. The number of rotatable bonds is 6. The molecule has 4 nitrogen and oxygen atoms in total. The molecule has 0 aliphatic rings. The fourth-order valence-electron chi connectivity index (χ4n) is 8.86. The van der Waals surface area contributed by atoms with Crippen LogP contribution in [-0.2, 0) is 0 Å². The predicted molar refractivity (Wildman–Crippen MR) is 245 cm³/mol. The Morgan fingerprint density at radius 3 is 1.02 bits per heavy atom. The fourth-order valence-corrected chi connectivity index (χ4v) is 8.86. The third kappa shape index (κ3) is 4.18. The van der Waals surface area contributed by atoms with Crippen molar-refractivity contribution in [2.75, 3.05) is 9.80 Å². The number of anilines is 6. The summed E-state index contributed by atoms with van der Waals surface area (Å²) in [5.74, 6) is 0. The zero-order chi connectivity index (χ0) is 50.1. The van der Waals surface area contributed by atoms with Gasteiger partial charge >= 0.3 is 0 Å². The lowest BCUT2D eigenvalue weighted by molar-refractivity contribution is 1.29. The predicted octanol–water partition coefficient (Wildman–Crippen LogP) is 14.9. The minimum atomic E-state index is -0.522. The highest BCUT2D eigenvalue weighted by molar-refractivity contribution is 6.31. The van der Waals surface area contributed by atoms with E-state index in [2.05, 4.69) is 0 Å². The van der Waals surface area contributed by atoms with Crippen LogP contribution in [-0.4, -0.2) is 8.80 Å². The van der Waals surface area contributed by atoms with Gasteiger partial charge in [-0.15, -0.1) is 0 Å². The second-order valence-corrected chi connectivity index (χ2v) is 14.2. The van der Waals surface area contributed by atoms with Crippen LogP contribution in [0.25, 0.3) is 76.2 Å². The van der Waals surface area contributed by atoms with Gasteiger partial charge in [-0.1, -0.05) is 121 Å². The minimum Gasteiger partial charge on any atom is -0.310 e. The van der Waals surface area contributed by atoms with Crippen molar-refractivity contribution in [3.8, 4) is 0 Å². The summed E-state index contributed by atoms with van der Waals surface area (Å²) >= 11 is 0. The molecule has 4 heterocycles. The van der Waals surface area contributed by atoms with Crippen molar-refractivity contribution in [2.45, 2.75) is 0 Å². The van der Waals surface area contributed by atoms with Gasteiger partial charge in [-0.2, -0.15) is 0 Å². The van der Waals surface area contributed by atoms with E-state index in [0.717, 1.165) is 0 Å². The first-order chi connectivity index (χ1) is 34.7. The largest absolute Gasteiger partial charge is 0.310 e. The van der Waals surface area contributed by atoms with Crippen LogP contribution >= 0.6 is 0 Å². The standard InChI is InChI=1S/C54H34N4/c1-5-17-35(18-6-1)55(36-19-7-2-8-20-36)45-29-15-31-47-51(45)41-27-13-25-39-43-34-50-44(33-49(43)57(47)53(39)41)40-26-14-28-42-52-46(30-16-32-48(52)58(50)54(40)42)56(37-21-9-3-10-22-37)38-23-11-4-12-24-38/h1-34H/i13D,14D,15D,16D,25D,26D,27D,28D,29D,30D,31D,32D,33D,34D. The Kier molecular flexibility index (Phi) is 4.27. The summed E-state index contributed by atoms with van der Waals surface area (Å²) < 4.78 is 138. The molecule has 0 saturated carbocycles. The molecule has 0 unspecified atom stereocenters. The first-order valence-corrected chi connectivity index (χ1v) is 18.8. The molecule has 0 radical (unpaired) electrons. The van der Waals surface area contributed by atoms with E-state index in [1.807, 2.05) is 121 Å². The van der Waals surface area contributed by atoms with Crippen LogP contribution in [0, 0.1) is 0 Å². The van der Waals surface area contributed by atoms with Crippen LogP contribution in [0.4, 0.5) is 34.1 Å². The molecule has 0 aliphatic carbocycles. The van der Waals surface area contributed by atoms with Gasteiger partial charge < -0.3 is 18.6 Å². The van der Waals surface area contributed by atoms with E-state index in [1.54, 1.807) is 9.80 Å². The van der Waals surface area contributed by atoms with Crippen LogP contribution in [0.15, 0.2) is 206 Å². The van der Waals surface area contributed by atoms with Crippen molar-refractivity contribution in [2.24, 2.45) is 0 Å². The van der Waals surface area contributed by atoms with E-state index in [9.17, 15) is 19.2 Å². The topological polar surface area (TPSA) is 15.3 Å². The first kappa shape index (κ1) is 20.9. The molecule has 0 bridgehead atoms. The normalized spacial score (nSPS) is 15.5. The van der Waals surface area contributed by atoms with E-state index >= 15 is 0 Å². The van der Waals surface area contributed by atoms with Gasteiger partial charge in [0.25, 0.3) is 0 Å². The Morgan fingerprint density at radius 1 is 0.328 bits per heavy atom. The highest BCUT2D eigenvalue weighted by atomic mass is 15.2. The first-order valence-electron chi connectivity index (χ1n) is 25.8. The number of nitrogens with zero attached hydrogens (tertiary/aromatic N) is 4. The van der Waals surface area contributed by atoms with Crippen molar-refractivity contribution in [3.63, 3.8) is 0 Å². The fraction of sp³-hybridized carbons (Fsp3) is 0. The second kappa shape index (κ2) is 11.8. The average molecular weight is 753 g/mol. The van der Waals surface area contributed by atoms with Crippen LogP contribution in [0.2, 0.25) is 0 Å². The Hall–Kier alpha value is -7.82. The second-order valence-electron chi connectivity index (χ2n) is 14.2. The number of hydrogen-bond acceptors (Lipinski definition) is 2. The zero-order valence-electron chi connectivity index (χ0n) is 44.3. The molecule has 0 saturated heterocycles. The maximum atomic E-state index is 10.3. The molecule has 0 amide bonds. The summed E-state index contributed by atoms with van der Waals surface area (Å²) in [5.41, 5.74) is 2.71. The van der Waals surface area contributed by atoms with Gasteiger partial charge in [-0.25, -0.2) is 0 Å². The van der Waals surface area contributed by atoms with E-state index in [-0.39, 0.29) is 112 Å². The average Bonchev–Trinajstić information content (AvgIpc) is 4.14. The number of aromatic nitrogens is 2. The van der Waals surface area contributed by atoms with Crippen molar-refractivity contribution in [1.82, 2.24) is 8.80 Å². The quantitative estimate of drug-likeness (QED) is 0.168. The van der Waals surface area contributed by atoms with Crippen molar-refractivity contribution >= 4 is 110 Å². The van der Waals surface area contributed by atoms with Crippen LogP contribution in [0.1, 0.15) is 19.2 Å². The SMILES string of the molecule is [2H]c1c([2H])c([2H])c2c(c1N(c1ccccc1)c1ccccc1)c1c([2H])c([2H])c([2H])c3c4c([2H])c5c(c([2H])c4n2c13)c1c([2H])c([2H])c([2H])c2c3c(N(c4ccccc4)c4ccccc4)c([2H])c([2H])c([2H])c3n5c21. The molecule has 13 rings (SSSR count).